The van der Waals surface area contributed by atoms with Crippen LogP contribution < -0.4 is 5.32 Å². The van der Waals surface area contributed by atoms with E-state index in [1.165, 1.54) is 64.2 Å². The average molecular weight is 302 g/mol. The lowest BCUT2D eigenvalue weighted by molar-refractivity contribution is -0.0650. The molecule has 0 bridgehead atoms. The lowest BCUT2D eigenvalue weighted by Gasteiger charge is -2.23. The van der Waals surface area contributed by atoms with Crippen LogP contribution in [0, 0.1) is 0 Å². The molecule has 0 saturated carbocycles. The molecule has 128 valence electrons. The minimum atomic E-state index is -1.26. The Morgan fingerprint density at radius 1 is 0.762 bits per heavy atom. The summed E-state index contributed by atoms with van der Waals surface area (Å²) in [5, 5.41) is 21.5. The normalized spacial score (nSPS) is 14.6. The van der Waals surface area contributed by atoms with E-state index in [0.717, 1.165) is 12.8 Å². The van der Waals surface area contributed by atoms with Crippen LogP contribution in [0.2, 0.25) is 0 Å². The van der Waals surface area contributed by atoms with Gasteiger partial charge in [0.25, 0.3) is 0 Å². The molecular weight excluding hydrogens is 262 g/mol. The van der Waals surface area contributed by atoms with Crippen LogP contribution in [0.3, 0.4) is 0 Å². The number of nitrogens with one attached hydrogen (secondary N) is 1. The monoisotopic (exact) mass is 301 g/mol. The highest BCUT2D eigenvalue weighted by molar-refractivity contribution is 4.71. The highest BCUT2D eigenvalue weighted by Crippen LogP contribution is 2.13. The second kappa shape index (κ2) is 14.8. The van der Waals surface area contributed by atoms with E-state index in [1.807, 2.05) is 6.92 Å². The zero-order valence-electron chi connectivity index (χ0n) is 14.6. The van der Waals surface area contributed by atoms with Gasteiger partial charge in [-0.3, -0.25) is 0 Å². The summed E-state index contributed by atoms with van der Waals surface area (Å²) in [6, 6.07) is 0.175. The molecule has 0 heterocycles. The number of aliphatic hydroxyl groups is 2. The maximum atomic E-state index is 9.10. The van der Waals surface area contributed by atoms with Crippen molar-refractivity contribution in [2.24, 2.45) is 0 Å². The predicted molar refractivity (Wildman–Crippen MR) is 91.4 cm³/mol. The fourth-order valence-corrected chi connectivity index (χ4v) is 2.74. The Balaban J connectivity index is 3.39. The van der Waals surface area contributed by atoms with Crippen LogP contribution in [-0.4, -0.2) is 28.6 Å². The van der Waals surface area contributed by atoms with Crippen molar-refractivity contribution in [3.8, 4) is 0 Å². The molecule has 0 amide bonds. The third kappa shape index (κ3) is 13.3. The molecule has 0 aliphatic heterocycles. The first-order chi connectivity index (χ1) is 10.1. The van der Waals surface area contributed by atoms with Crippen LogP contribution in [-0.2, 0) is 0 Å². The van der Waals surface area contributed by atoms with E-state index in [9.17, 15) is 0 Å². The maximum Gasteiger partial charge on any atom is 0.166 e. The van der Waals surface area contributed by atoms with Gasteiger partial charge in [0, 0.05) is 6.04 Å². The largest absolute Gasteiger partial charge is 0.367 e. The number of hydrogen-bond donors (Lipinski definition) is 3. The summed E-state index contributed by atoms with van der Waals surface area (Å²) < 4.78 is 0. The fraction of sp³-hybridized carbons (Fsp3) is 1.00. The van der Waals surface area contributed by atoms with E-state index in [4.69, 9.17) is 10.2 Å². The van der Waals surface area contributed by atoms with Gasteiger partial charge in [-0.05, 0) is 19.8 Å². The zero-order chi connectivity index (χ0) is 15.9. The van der Waals surface area contributed by atoms with Crippen molar-refractivity contribution in [2.45, 2.75) is 116 Å². The topological polar surface area (TPSA) is 52.5 Å². The molecule has 0 aromatic rings. The van der Waals surface area contributed by atoms with Crippen LogP contribution in [0.1, 0.15) is 97.8 Å². The molecule has 0 aromatic heterocycles. The zero-order valence-corrected chi connectivity index (χ0v) is 14.6. The smallest absolute Gasteiger partial charge is 0.166 e. The molecule has 0 rings (SSSR count). The number of rotatable bonds is 15. The highest BCUT2D eigenvalue weighted by Gasteiger charge is 2.14. The quantitative estimate of drug-likeness (QED) is 0.311. The van der Waals surface area contributed by atoms with E-state index < -0.39 is 6.29 Å². The Hall–Kier alpha value is -0.120. The maximum absolute atomic E-state index is 9.10. The van der Waals surface area contributed by atoms with Crippen molar-refractivity contribution in [2.75, 3.05) is 0 Å². The molecule has 2 unspecified atom stereocenters. The number of unbranched alkanes of at least 4 members (excludes halogenated alkanes) is 9. The molecule has 3 heteroatoms. The summed E-state index contributed by atoms with van der Waals surface area (Å²) in [6.07, 6.45) is 14.6. The number of hydrogen-bond acceptors (Lipinski definition) is 3. The second-order valence-corrected chi connectivity index (χ2v) is 6.44. The van der Waals surface area contributed by atoms with E-state index in [2.05, 4.69) is 19.2 Å². The SMILES string of the molecule is CCCCCCCCCCCCC(CC)NC(C)C(O)O. The van der Waals surface area contributed by atoms with Crippen LogP contribution in [0.5, 0.6) is 0 Å². The molecule has 0 saturated heterocycles. The summed E-state index contributed by atoms with van der Waals surface area (Å²) in [5.41, 5.74) is 0. The van der Waals surface area contributed by atoms with Gasteiger partial charge in [-0.1, -0.05) is 78.1 Å². The Labute approximate surface area is 132 Å². The van der Waals surface area contributed by atoms with Crippen LogP contribution in [0.25, 0.3) is 0 Å². The Morgan fingerprint density at radius 3 is 1.67 bits per heavy atom. The summed E-state index contributed by atoms with van der Waals surface area (Å²) in [5.74, 6) is 0. The van der Waals surface area contributed by atoms with Gasteiger partial charge in [0.15, 0.2) is 6.29 Å². The molecule has 0 aliphatic rings. The van der Waals surface area contributed by atoms with Crippen molar-refractivity contribution in [3.05, 3.63) is 0 Å². The minimum Gasteiger partial charge on any atom is -0.367 e. The van der Waals surface area contributed by atoms with Crippen LogP contribution >= 0.6 is 0 Å². The molecule has 0 spiro atoms. The summed E-state index contributed by atoms with van der Waals surface area (Å²) in [7, 11) is 0. The van der Waals surface area contributed by atoms with E-state index >= 15 is 0 Å². The second-order valence-electron chi connectivity index (χ2n) is 6.44. The van der Waals surface area contributed by atoms with Gasteiger partial charge >= 0.3 is 0 Å². The van der Waals surface area contributed by atoms with Gasteiger partial charge in [-0.15, -0.1) is 0 Å². The van der Waals surface area contributed by atoms with Gasteiger partial charge in [0.2, 0.25) is 0 Å². The molecular formula is C18H39NO2. The lowest BCUT2D eigenvalue weighted by Crippen LogP contribution is -2.43. The third-order valence-corrected chi connectivity index (χ3v) is 4.34. The lowest BCUT2D eigenvalue weighted by atomic mass is 10.0. The predicted octanol–water partition coefficient (Wildman–Crippen LogP) is 4.36. The van der Waals surface area contributed by atoms with Crippen molar-refractivity contribution >= 4 is 0 Å². The molecule has 0 aliphatic carbocycles. The molecule has 21 heavy (non-hydrogen) atoms. The first-order valence-corrected chi connectivity index (χ1v) is 9.24. The summed E-state index contributed by atoms with van der Waals surface area (Å²) >= 11 is 0. The van der Waals surface area contributed by atoms with Crippen molar-refractivity contribution in [1.29, 1.82) is 0 Å². The van der Waals surface area contributed by atoms with Crippen LogP contribution in [0.4, 0.5) is 0 Å². The third-order valence-electron chi connectivity index (χ3n) is 4.34. The molecule has 3 N–H and O–H groups in total. The molecule has 0 fully saturated rings. The van der Waals surface area contributed by atoms with E-state index in [-0.39, 0.29) is 6.04 Å². The van der Waals surface area contributed by atoms with Crippen molar-refractivity contribution in [1.82, 2.24) is 5.32 Å². The average Bonchev–Trinajstić information content (AvgIpc) is 2.47. The van der Waals surface area contributed by atoms with Crippen molar-refractivity contribution < 1.29 is 10.2 Å². The van der Waals surface area contributed by atoms with E-state index in [0.29, 0.717) is 6.04 Å². The first kappa shape index (κ1) is 20.9. The molecule has 2 atom stereocenters. The Morgan fingerprint density at radius 2 is 1.24 bits per heavy atom. The fourth-order valence-electron chi connectivity index (χ4n) is 2.74. The van der Waals surface area contributed by atoms with E-state index in [1.54, 1.807) is 0 Å². The van der Waals surface area contributed by atoms with Gasteiger partial charge in [0.1, 0.15) is 0 Å². The summed E-state index contributed by atoms with van der Waals surface area (Å²) in [6.45, 7) is 6.25. The van der Waals surface area contributed by atoms with Crippen LogP contribution in [0.15, 0.2) is 0 Å². The standard InChI is InChI=1S/C18H39NO2/c1-4-6-7-8-9-10-11-12-13-14-15-17(5-2)19-16(3)18(20)21/h16-21H,4-15H2,1-3H3. The van der Waals surface area contributed by atoms with Gasteiger partial charge < -0.3 is 15.5 Å². The summed E-state index contributed by atoms with van der Waals surface area (Å²) in [4.78, 5) is 0. The molecule has 0 radical (unpaired) electrons. The Bertz CT molecular complexity index is 209. The minimum absolute atomic E-state index is 0.238. The van der Waals surface area contributed by atoms with Crippen molar-refractivity contribution in [3.63, 3.8) is 0 Å². The molecule has 0 aromatic carbocycles. The first-order valence-electron chi connectivity index (χ1n) is 9.24. The van der Waals surface area contributed by atoms with Gasteiger partial charge in [-0.2, -0.15) is 0 Å². The highest BCUT2D eigenvalue weighted by atomic mass is 16.5. The Kier molecular flexibility index (Phi) is 14.7. The van der Waals surface area contributed by atoms with Gasteiger partial charge in [0.05, 0.1) is 6.04 Å². The molecule has 3 nitrogen and oxygen atoms in total. The number of aliphatic hydroxyl groups excluding tert-OH is 1. The van der Waals surface area contributed by atoms with Gasteiger partial charge in [-0.25, -0.2) is 0 Å².